The molecule has 100 valence electrons. The van der Waals surface area contributed by atoms with Crippen LogP contribution in [-0.4, -0.2) is 13.4 Å². The van der Waals surface area contributed by atoms with Gasteiger partial charge in [-0.05, 0) is 36.8 Å². The molecule has 2 rings (SSSR count). The number of pyridine rings is 1. The van der Waals surface area contributed by atoms with Crippen LogP contribution in [-0.2, 0) is 10.0 Å². The molecule has 19 heavy (non-hydrogen) atoms. The van der Waals surface area contributed by atoms with Crippen molar-refractivity contribution in [3.63, 3.8) is 0 Å². The maximum absolute atomic E-state index is 13.6. The average molecular weight is 284 g/mol. The molecule has 0 bridgehead atoms. The largest absolute Gasteiger partial charge is 0.282 e. The first-order valence-electron chi connectivity index (χ1n) is 5.29. The van der Waals surface area contributed by atoms with Crippen molar-refractivity contribution in [1.82, 2.24) is 4.98 Å². The van der Waals surface area contributed by atoms with Crippen LogP contribution in [0.3, 0.4) is 0 Å². The lowest BCUT2D eigenvalue weighted by Crippen LogP contribution is -2.17. The summed E-state index contributed by atoms with van der Waals surface area (Å²) in [5, 5.41) is -0.769. The summed E-state index contributed by atoms with van der Waals surface area (Å²) in [5.74, 6) is -1.73. The number of sulfonamides is 1. The number of nitrogens with zero attached hydrogens (tertiary/aromatic N) is 1. The van der Waals surface area contributed by atoms with Crippen LogP contribution in [0.2, 0.25) is 0 Å². The fourth-order valence-corrected chi connectivity index (χ4v) is 2.54. The predicted octanol–water partition coefficient (Wildman–Crippen LogP) is 2.47. The number of hydrogen-bond donors (Lipinski definition) is 1. The van der Waals surface area contributed by atoms with Gasteiger partial charge in [0.2, 0.25) is 5.03 Å². The van der Waals surface area contributed by atoms with E-state index in [1.807, 2.05) is 4.72 Å². The molecule has 0 amide bonds. The summed E-state index contributed by atoms with van der Waals surface area (Å²) in [5.41, 5.74) is 0.389. The molecule has 0 aliphatic rings. The van der Waals surface area contributed by atoms with Gasteiger partial charge in [0.25, 0.3) is 10.0 Å². The van der Waals surface area contributed by atoms with Gasteiger partial charge in [-0.1, -0.05) is 6.07 Å². The molecule has 2 aromatic rings. The van der Waals surface area contributed by atoms with Gasteiger partial charge in [0, 0.05) is 6.20 Å². The van der Waals surface area contributed by atoms with Crippen LogP contribution in [0, 0.1) is 18.6 Å². The van der Waals surface area contributed by atoms with Gasteiger partial charge in [-0.2, -0.15) is 8.42 Å². The molecule has 0 unspecified atom stereocenters. The van der Waals surface area contributed by atoms with Gasteiger partial charge >= 0.3 is 0 Å². The number of hydrogen-bond acceptors (Lipinski definition) is 3. The van der Waals surface area contributed by atoms with E-state index in [1.54, 1.807) is 6.92 Å². The van der Waals surface area contributed by atoms with Gasteiger partial charge in [-0.25, -0.2) is 13.8 Å². The van der Waals surface area contributed by atoms with Crippen LogP contribution >= 0.6 is 0 Å². The quantitative estimate of drug-likeness (QED) is 0.942. The summed E-state index contributed by atoms with van der Waals surface area (Å²) >= 11 is 0. The Labute approximate surface area is 109 Å². The Hall–Kier alpha value is -2.02. The van der Waals surface area contributed by atoms with E-state index in [0.29, 0.717) is 5.56 Å². The van der Waals surface area contributed by atoms with Crippen molar-refractivity contribution < 1.29 is 17.2 Å². The number of aryl methyl sites for hydroxylation is 1. The molecular formula is C12H10F2N2O2S. The van der Waals surface area contributed by atoms with Crippen molar-refractivity contribution in [3.8, 4) is 0 Å². The highest BCUT2D eigenvalue weighted by Crippen LogP contribution is 2.20. The third kappa shape index (κ3) is 2.87. The third-order valence-corrected chi connectivity index (χ3v) is 3.65. The molecule has 0 fully saturated rings. The van der Waals surface area contributed by atoms with E-state index in [0.717, 1.165) is 12.3 Å². The molecule has 1 heterocycles. The number of benzene rings is 1. The minimum atomic E-state index is -4.26. The summed E-state index contributed by atoms with van der Waals surface area (Å²) in [6, 6.07) is 6.21. The fraction of sp³-hybridized carbons (Fsp3) is 0.0833. The molecule has 0 saturated carbocycles. The number of nitrogens with one attached hydrogen (secondary N) is 1. The second-order valence-corrected chi connectivity index (χ2v) is 5.48. The molecule has 7 heteroatoms. The average Bonchev–Trinajstić information content (AvgIpc) is 2.33. The standard InChI is InChI=1S/C12H10F2N2O2S/c1-8-4-5-11(10(14)7-8)16-19(17,18)12-9(13)3-2-6-15-12/h2-7,16H,1H3. The highest BCUT2D eigenvalue weighted by Gasteiger charge is 2.21. The molecule has 0 atom stereocenters. The Morgan fingerprint density at radius 3 is 2.53 bits per heavy atom. The van der Waals surface area contributed by atoms with Gasteiger partial charge in [-0.15, -0.1) is 0 Å². The van der Waals surface area contributed by atoms with Crippen LogP contribution in [0.25, 0.3) is 0 Å². The summed E-state index contributed by atoms with van der Waals surface area (Å²) < 4.78 is 52.7. The molecule has 0 aliphatic heterocycles. The smallest absolute Gasteiger partial charge is 0.275 e. The van der Waals surface area contributed by atoms with Crippen LogP contribution in [0.4, 0.5) is 14.5 Å². The lowest BCUT2D eigenvalue weighted by molar-refractivity contribution is 0.556. The van der Waals surface area contributed by atoms with E-state index in [9.17, 15) is 17.2 Å². The zero-order valence-corrected chi connectivity index (χ0v) is 10.7. The van der Waals surface area contributed by atoms with Gasteiger partial charge in [-0.3, -0.25) is 4.72 Å². The van der Waals surface area contributed by atoms with Crippen LogP contribution < -0.4 is 4.72 Å². The molecule has 1 aromatic heterocycles. The number of aromatic nitrogens is 1. The second kappa shape index (κ2) is 4.93. The zero-order valence-electron chi connectivity index (χ0n) is 9.89. The minimum absolute atomic E-state index is 0.254. The highest BCUT2D eigenvalue weighted by atomic mass is 32.2. The predicted molar refractivity (Wildman–Crippen MR) is 66.1 cm³/mol. The Morgan fingerprint density at radius 1 is 1.16 bits per heavy atom. The topological polar surface area (TPSA) is 59.1 Å². The first kappa shape index (κ1) is 13.4. The minimum Gasteiger partial charge on any atom is -0.275 e. The molecule has 0 saturated heterocycles. The number of halogens is 2. The van der Waals surface area contributed by atoms with E-state index in [1.165, 1.54) is 24.3 Å². The highest BCUT2D eigenvalue weighted by molar-refractivity contribution is 7.92. The Morgan fingerprint density at radius 2 is 1.89 bits per heavy atom. The van der Waals surface area contributed by atoms with Crippen LogP contribution in [0.15, 0.2) is 41.6 Å². The summed E-state index contributed by atoms with van der Waals surface area (Å²) in [6.07, 6.45) is 1.14. The first-order valence-corrected chi connectivity index (χ1v) is 6.78. The van der Waals surface area contributed by atoms with Crippen LogP contribution in [0.5, 0.6) is 0 Å². The van der Waals surface area contributed by atoms with Gasteiger partial charge in [0.05, 0.1) is 5.69 Å². The summed E-state index contributed by atoms with van der Waals surface area (Å²) in [7, 11) is -4.26. The van der Waals surface area contributed by atoms with E-state index in [2.05, 4.69) is 4.98 Å². The van der Waals surface area contributed by atoms with Crippen molar-refractivity contribution >= 4 is 15.7 Å². The van der Waals surface area contributed by atoms with E-state index in [-0.39, 0.29) is 5.69 Å². The maximum atomic E-state index is 13.6. The van der Waals surface area contributed by atoms with Crippen molar-refractivity contribution in [2.24, 2.45) is 0 Å². The molecule has 4 nitrogen and oxygen atoms in total. The SMILES string of the molecule is Cc1ccc(NS(=O)(=O)c2ncccc2F)c(F)c1. The molecule has 1 aromatic carbocycles. The van der Waals surface area contributed by atoms with Crippen molar-refractivity contribution in [1.29, 1.82) is 0 Å². The van der Waals surface area contributed by atoms with E-state index < -0.39 is 26.7 Å². The van der Waals surface area contributed by atoms with Gasteiger partial charge in [0.1, 0.15) is 5.82 Å². The molecule has 0 radical (unpaired) electrons. The monoisotopic (exact) mass is 284 g/mol. The fourth-order valence-electron chi connectivity index (χ4n) is 1.46. The second-order valence-electron chi connectivity index (χ2n) is 3.88. The van der Waals surface area contributed by atoms with Gasteiger partial charge in [0.15, 0.2) is 5.82 Å². The normalized spacial score (nSPS) is 11.3. The number of anilines is 1. The Kier molecular flexibility index (Phi) is 3.48. The Bertz CT molecular complexity index is 717. The van der Waals surface area contributed by atoms with Crippen molar-refractivity contribution in [3.05, 3.63) is 53.7 Å². The summed E-state index contributed by atoms with van der Waals surface area (Å²) in [4.78, 5) is 3.45. The molecular weight excluding hydrogens is 274 g/mol. The molecule has 0 aliphatic carbocycles. The maximum Gasteiger partial charge on any atom is 0.282 e. The van der Waals surface area contributed by atoms with E-state index in [4.69, 9.17) is 0 Å². The number of rotatable bonds is 3. The van der Waals surface area contributed by atoms with Gasteiger partial charge < -0.3 is 0 Å². The lowest BCUT2D eigenvalue weighted by atomic mass is 10.2. The summed E-state index contributed by atoms with van der Waals surface area (Å²) in [6.45, 7) is 1.67. The zero-order chi connectivity index (χ0) is 14.0. The molecule has 0 spiro atoms. The van der Waals surface area contributed by atoms with E-state index >= 15 is 0 Å². The third-order valence-electron chi connectivity index (χ3n) is 2.35. The van der Waals surface area contributed by atoms with Crippen molar-refractivity contribution in [2.75, 3.05) is 4.72 Å². The van der Waals surface area contributed by atoms with Crippen LogP contribution in [0.1, 0.15) is 5.56 Å². The molecule has 1 N–H and O–H groups in total. The van der Waals surface area contributed by atoms with Crippen molar-refractivity contribution in [2.45, 2.75) is 11.9 Å². The lowest BCUT2D eigenvalue weighted by Gasteiger charge is -2.09. The Balaban J connectivity index is 2.40. The first-order chi connectivity index (χ1) is 8.90.